The van der Waals surface area contributed by atoms with Crippen LogP contribution in [0, 0.1) is 0 Å². The van der Waals surface area contributed by atoms with Crippen molar-refractivity contribution in [2.24, 2.45) is 0 Å². The molecule has 0 radical (unpaired) electrons. The van der Waals surface area contributed by atoms with Crippen molar-refractivity contribution in [3.8, 4) is 0 Å². The number of carbonyl (C=O) groups is 2. The number of nitrogens with two attached hydrogens (primary N) is 1. The number of benzene rings is 1. The van der Waals surface area contributed by atoms with E-state index in [9.17, 15) is 9.59 Å². The fraction of sp³-hybridized carbons (Fsp3) is 0.467. The van der Waals surface area contributed by atoms with Crippen molar-refractivity contribution in [2.75, 3.05) is 5.73 Å². The third-order valence-electron chi connectivity index (χ3n) is 3.18. The second-order valence-corrected chi connectivity index (χ2v) is 4.91. The Bertz CT molecular complexity index is 457. The molecule has 5 heteroatoms. The highest BCUT2D eigenvalue weighted by atomic mass is 16.4. The van der Waals surface area contributed by atoms with Gasteiger partial charge in [-0.05, 0) is 37.6 Å². The van der Waals surface area contributed by atoms with Gasteiger partial charge in [0, 0.05) is 11.3 Å². The predicted molar refractivity (Wildman–Crippen MR) is 78.7 cm³/mol. The Hall–Kier alpha value is -1.88. The van der Waals surface area contributed by atoms with Crippen LogP contribution < -0.4 is 11.1 Å². The van der Waals surface area contributed by atoms with Gasteiger partial charge >= 0.3 is 5.97 Å². The molecule has 0 aliphatic rings. The molecule has 0 aromatic heterocycles. The fourth-order valence-corrected chi connectivity index (χ4v) is 1.96. The molecule has 2 unspecified atom stereocenters. The van der Waals surface area contributed by atoms with Crippen LogP contribution in [0.2, 0.25) is 0 Å². The van der Waals surface area contributed by atoms with Crippen molar-refractivity contribution in [2.45, 2.75) is 45.2 Å². The number of nitrogens with one attached hydrogen (secondary N) is 1. The van der Waals surface area contributed by atoms with Gasteiger partial charge in [-0.1, -0.05) is 19.8 Å². The molecule has 20 heavy (non-hydrogen) atoms. The quantitative estimate of drug-likeness (QED) is 0.500. The zero-order valence-electron chi connectivity index (χ0n) is 11.9. The molecule has 0 aliphatic carbocycles. The van der Waals surface area contributed by atoms with Gasteiger partial charge in [-0.2, -0.15) is 0 Å². The van der Waals surface area contributed by atoms with Gasteiger partial charge in [0.1, 0.15) is 6.04 Å². The standard InChI is InChI=1S/C15H22N2O3/c1-3-4-5-13(15(19)20)17-10(2)14(18)11-6-8-12(16)9-7-11/h6-10,13,17H,3-5,16H2,1-2H3,(H,19,20). The molecule has 4 N–H and O–H groups in total. The van der Waals surface area contributed by atoms with E-state index in [2.05, 4.69) is 5.32 Å². The molecule has 0 bridgehead atoms. The predicted octanol–water partition coefficient (Wildman–Crippen LogP) is 2.07. The zero-order chi connectivity index (χ0) is 15.1. The molecular weight excluding hydrogens is 256 g/mol. The third kappa shape index (κ3) is 4.66. The minimum atomic E-state index is -0.921. The Morgan fingerprint density at radius 2 is 1.90 bits per heavy atom. The van der Waals surface area contributed by atoms with Crippen LogP contribution in [0.1, 0.15) is 43.5 Å². The molecule has 0 aliphatic heterocycles. The van der Waals surface area contributed by atoms with Gasteiger partial charge in [0.25, 0.3) is 0 Å². The molecule has 0 spiro atoms. The summed E-state index contributed by atoms with van der Waals surface area (Å²) in [6, 6.07) is 5.38. The first-order chi connectivity index (χ1) is 9.45. The van der Waals surface area contributed by atoms with Crippen LogP contribution in [0.15, 0.2) is 24.3 Å². The maximum atomic E-state index is 12.2. The Morgan fingerprint density at radius 3 is 2.40 bits per heavy atom. The van der Waals surface area contributed by atoms with Crippen LogP contribution in [0.5, 0.6) is 0 Å². The minimum absolute atomic E-state index is 0.132. The van der Waals surface area contributed by atoms with Crippen molar-refractivity contribution >= 4 is 17.4 Å². The van der Waals surface area contributed by atoms with Gasteiger partial charge in [0.15, 0.2) is 5.78 Å². The summed E-state index contributed by atoms with van der Waals surface area (Å²) in [5.74, 6) is -1.05. The summed E-state index contributed by atoms with van der Waals surface area (Å²) in [4.78, 5) is 23.3. The van der Waals surface area contributed by atoms with Crippen LogP contribution in [0.4, 0.5) is 5.69 Å². The Balaban J connectivity index is 2.67. The lowest BCUT2D eigenvalue weighted by atomic mass is 10.0. The Morgan fingerprint density at radius 1 is 1.30 bits per heavy atom. The molecule has 0 heterocycles. The van der Waals surface area contributed by atoms with Crippen molar-refractivity contribution in [1.29, 1.82) is 0 Å². The maximum Gasteiger partial charge on any atom is 0.320 e. The largest absolute Gasteiger partial charge is 0.480 e. The van der Waals surface area contributed by atoms with Crippen LogP contribution in [-0.2, 0) is 4.79 Å². The number of ketones is 1. The molecule has 110 valence electrons. The molecule has 1 rings (SSSR count). The van der Waals surface area contributed by atoms with E-state index in [1.807, 2.05) is 6.92 Å². The highest BCUT2D eigenvalue weighted by Crippen LogP contribution is 2.09. The number of carboxylic acid groups (broad SMARTS) is 1. The molecule has 0 saturated carbocycles. The van der Waals surface area contributed by atoms with Gasteiger partial charge in [-0.15, -0.1) is 0 Å². The van der Waals surface area contributed by atoms with Gasteiger partial charge in [0.2, 0.25) is 0 Å². The van der Waals surface area contributed by atoms with Crippen molar-refractivity contribution in [3.63, 3.8) is 0 Å². The summed E-state index contributed by atoms with van der Waals surface area (Å²) >= 11 is 0. The number of carbonyl (C=O) groups excluding carboxylic acids is 1. The van der Waals surface area contributed by atoms with Crippen LogP contribution in [-0.4, -0.2) is 28.9 Å². The van der Waals surface area contributed by atoms with Crippen LogP contribution in [0.25, 0.3) is 0 Å². The van der Waals surface area contributed by atoms with Gasteiger partial charge in [-0.25, -0.2) is 0 Å². The van der Waals surface area contributed by atoms with Crippen LogP contribution in [0.3, 0.4) is 0 Å². The van der Waals surface area contributed by atoms with E-state index >= 15 is 0 Å². The van der Waals surface area contributed by atoms with E-state index < -0.39 is 18.1 Å². The van der Waals surface area contributed by atoms with Gasteiger partial charge in [0.05, 0.1) is 6.04 Å². The molecule has 0 fully saturated rings. The first-order valence-corrected chi connectivity index (χ1v) is 6.84. The number of nitrogen functional groups attached to an aromatic ring is 1. The Labute approximate surface area is 119 Å². The van der Waals surface area contributed by atoms with Gasteiger partial charge < -0.3 is 10.8 Å². The lowest BCUT2D eigenvalue weighted by Crippen LogP contribution is -2.45. The molecular formula is C15H22N2O3. The lowest BCUT2D eigenvalue weighted by molar-refractivity contribution is -0.139. The van der Waals surface area contributed by atoms with Crippen molar-refractivity contribution in [1.82, 2.24) is 5.32 Å². The summed E-state index contributed by atoms with van der Waals surface area (Å²) in [6.07, 6.45) is 2.25. The highest BCUT2D eigenvalue weighted by Gasteiger charge is 2.23. The average molecular weight is 278 g/mol. The van der Waals surface area contributed by atoms with E-state index in [0.29, 0.717) is 17.7 Å². The summed E-state index contributed by atoms with van der Waals surface area (Å²) in [7, 11) is 0. The second-order valence-electron chi connectivity index (χ2n) is 4.91. The normalized spacial score (nSPS) is 13.7. The monoisotopic (exact) mass is 278 g/mol. The molecule has 5 nitrogen and oxygen atoms in total. The number of aliphatic carboxylic acids is 1. The number of anilines is 1. The molecule has 0 saturated heterocycles. The van der Waals surface area contributed by atoms with Gasteiger partial charge in [-0.3, -0.25) is 14.9 Å². The number of carboxylic acids is 1. The van der Waals surface area contributed by atoms with E-state index in [0.717, 1.165) is 12.8 Å². The van der Waals surface area contributed by atoms with Crippen LogP contribution >= 0.6 is 0 Å². The summed E-state index contributed by atoms with van der Waals surface area (Å²) in [5, 5.41) is 12.0. The van der Waals surface area contributed by atoms with E-state index in [-0.39, 0.29) is 5.78 Å². The van der Waals surface area contributed by atoms with Crippen molar-refractivity contribution < 1.29 is 14.7 Å². The highest BCUT2D eigenvalue weighted by molar-refractivity contribution is 6.00. The van der Waals surface area contributed by atoms with Crippen molar-refractivity contribution in [3.05, 3.63) is 29.8 Å². The number of Topliss-reactive ketones (excluding diaryl/α,β-unsaturated/α-hetero) is 1. The first-order valence-electron chi connectivity index (χ1n) is 6.84. The maximum absolute atomic E-state index is 12.2. The smallest absolute Gasteiger partial charge is 0.320 e. The lowest BCUT2D eigenvalue weighted by Gasteiger charge is -2.19. The summed E-state index contributed by atoms with van der Waals surface area (Å²) in [6.45, 7) is 3.68. The van der Waals surface area contributed by atoms with E-state index in [1.54, 1.807) is 31.2 Å². The van der Waals surface area contributed by atoms with E-state index in [1.165, 1.54) is 0 Å². The number of unbranched alkanes of at least 4 members (excludes halogenated alkanes) is 1. The summed E-state index contributed by atoms with van der Waals surface area (Å²) < 4.78 is 0. The molecule has 1 aromatic carbocycles. The SMILES string of the molecule is CCCCC(NC(C)C(=O)c1ccc(N)cc1)C(=O)O. The first kappa shape index (κ1) is 16.2. The summed E-state index contributed by atoms with van der Waals surface area (Å²) in [5.41, 5.74) is 6.69. The topological polar surface area (TPSA) is 92.4 Å². The molecule has 2 atom stereocenters. The average Bonchev–Trinajstić information content (AvgIpc) is 2.42. The second kappa shape index (κ2) is 7.65. The minimum Gasteiger partial charge on any atom is -0.480 e. The zero-order valence-corrected chi connectivity index (χ0v) is 11.9. The van der Waals surface area contributed by atoms with E-state index in [4.69, 9.17) is 10.8 Å². The number of hydrogen-bond acceptors (Lipinski definition) is 4. The number of hydrogen-bond donors (Lipinski definition) is 3. The molecule has 1 aromatic rings. The number of rotatable bonds is 8. The molecule has 0 amide bonds. The Kier molecular flexibility index (Phi) is 6.18. The fourth-order valence-electron chi connectivity index (χ4n) is 1.96. The third-order valence-corrected chi connectivity index (χ3v) is 3.18.